The summed E-state index contributed by atoms with van der Waals surface area (Å²) in [7, 11) is -4.10. The molecule has 2 aromatic rings. The normalized spacial score (nSPS) is 15.8. The molecule has 1 aliphatic rings. The number of hydrogen-bond acceptors (Lipinski definition) is 6. The van der Waals surface area contributed by atoms with Crippen LogP contribution in [0.1, 0.15) is 11.5 Å². The number of aromatic nitrogens is 2. The second-order valence-corrected chi connectivity index (χ2v) is 8.47. The van der Waals surface area contributed by atoms with Gasteiger partial charge in [0.25, 0.3) is 10.0 Å². The summed E-state index contributed by atoms with van der Waals surface area (Å²) in [4.78, 5) is 13.9. The number of carbonyl (C=O) groups excluding carboxylic acids is 1. The quantitative estimate of drug-likeness (QED) is 0.563. The summed E-state index contributed by atoms with van der Waals surface area (Å²) < 4.78 is 55.8. The van der Waals surface area contributed by atoms with Crippen molar-refractivity contribution in [1.82, 2.24) is 14.7 Å². The minimum Gasteiger partial charge on any atom is -0.400 e. The first-order valence-corrected chi connectivity index (χ1v) is 10.7. The first-order valence-electron chi connectivity index (χ1n) is 9.27. The van der Waals surface area contributed by atoms with Crippen molar-refractivity contribution >= 4 is 22.1 Å². The van der Waals surface area contributed by atoms with Gasteiger partial charge in [-0.25, -0.2) is 8.78 Å². The number of alkyl halides is 1. The molecule has 3 N–H and O–H groups in total. The van der Waals surface area contributed by atoms with E-state index in [4.69, 9.17) is 5.73 Å². The Kier molecular flexibility index (Phi) is 6.81. The lowest BCUT2D eigenvalue weighted by molar-refractivity contribution is -0.132. The number of aliphatic hydroxyl groups is 1. The van der Waals surface area contributed by atoms with Crippen molar-refractivity contribution < 1.29 is 27.1 Å². The van der Waals surface area contributed by atoms with Gasteiger partial charge < -0.3 is 15.7 Å². The van der Waals surface area contributed by atoms with Gasteiger partial charge in [0.2, 0.25) is 5.91 Å². The maximum atomic E-state index is 14.1. The molecule has 9 nitrogen and oxygen atoms in total. The molecule has 3 rings (SSSR count). The van der Waals surface area contributed by atoms with E-state index in [2.05, 4.69) is 9.50 Å². The number of sulfonamides is 1. The number of amides is 1. The molecule has 0 radical (unpaired) electrons. The average Bonchev–Trinajstić information content (AvgIpc) is 3.36. The molecule has 1 atom stereocenters. The molecule has 0 saturated carbocycles. The zero-order valence-electron chi connectivity index (χ0n) is 16.4. The summed E-state index contributed by atoms with van der Waals surface area (Å²) in [6, 6.07) is 5.65. The number of nitrogens with two attached hydrogens (primary N) is 1. The van der Waals surface area contributed by atoms with E-state index in [0.29, 0.717) is 5.57 Å². The monoisotopic (exact) mass is 453 g/mol. The maximum Gasteiger partial charge on any atom is 0.285 e. The van der Waals surface area contributed by atoms with Crippen LogP contribution in [0.5, 0.6) is 0 Å². The van der Waals surface area contributed by atoms with Crippen LogP contribution in [0.15, 0.2) is 57.2 Å². The van der Waals surface area contributed by atoms with E-state index in [1.165, 1.54) is 23.1 Å². The first kappa shape index (κ1) is 22.6. The Morgan fingerprint density at radius 2 is 2.10 bits per heavy atom. The van der Waals surface area contributed by atoms with E-state index in [0.717, 1.165) is 23.3 Å². The largest absolute Gasteiger partial charge is 0.400 e. The zero-order valence-corrected chi connectivity index (χ0v) is 17.2. The van der Waals surface area contributed by atoms with E-state index in [-0.39, 0.29) is 35.8 Å². The lowest BCUT2D eigenvalue weighted by Gasteiger charge is -2.22. The standard InChI is InChI=1S/C19H21F2N5O4S/c20-5-6-26-10-14(8-23-26)31(29,30)24-7-13-9-25(11-18(13)22)19(28)16(12-27)15-3-1-2-4-17(15)21/h1-4,7-8,10,16,27H,5-6,9,11-12,22H2/b24-7+/t16-/m1/s1. The Morgan fingerprint density at radius 3 is 2.77 bits per heavy atom. The molecule has 1 aliphatic heterocycles. The minimum atomic E-state index is -4.10. The number of hydrogen-bond donors (Lipinski definition) is 2. The van der Waals surface area contributed by atoms with Gasteiger partial charge in [0, 0.05) is 35.8 Å². The number of nitrogens with zero attached hydrogens (tertiary/aromatic N) is 4. The number of halogens is 2. The van der Waals surface area contributed by atoms with Crippen LogP contribution in [0.3, 0.4) is 0 Å². The van der Waals surface area contributed by atoms with Crippen molar-refractivity contribution in [3.05, 3.63) is 59.3 Å². The van der Waals surface area contributed by atoms with E-state index in [1.54, 1.807) is 6.07 Å². The fourth-order valence-electron chi connectivity index (χ4n) is 3.12. The fourth-order valence-corrected chi connectivity index (χ4v) is 3.94. The SMILES string of the molecule is NC1=C(/C=N/S(=O)(=O)c2cnn(CCF)c2)CN(C(=O)[C@H](CO)c2ccccc2F)C1. The van der Waals surface area contributed by atoms with E-state index in [9.17, 15) is 27.1 Å². The van der Waals surface area contributed by atoms with Gasteiger partial charge in [0.15, 0.2) is 0 Å². The predicted molar refractivity (Wildman–Crippen MR) is 108 cm³/mol. The van der Waals surface area contributed by atoms with Gasteiger partial charge >= 0.3 is 0 Å². The smallest absolute Gasteiger partial charge is 0.285 e. The molecule has 0 spiro atoms. The first-order chi connectivity index (χ1) is 14.8. The van der Waals surface area contributed by atoms with Gasteiger partial charge in [0.05, 0.1) is 31.8 Å². The third kappa shape index (κ3) is 4.97. The summed E-state index contributed by atoms with van der Waals surface area (Å²) in [6.45, 7) is -1.44. The van der Waals surface area contributed by atoms with Gasteiger partial charge in [0.1, 0.15) is 17.4 Å². The van der Waals surface area contributed by atoms with Crippen molar-refractivity contribution in [2.75, 3.05) is 26.4 Å². The van der Waals surface area contributed by atoms with Gasteiger partial charge in [-0.3, -0.25) is 9.48 Å². The number of aliphatic hydroxyl groups excluding tert-OH is 1. The number of rotatable bonds is 8. The molecule has 1 aromatic carbocycles. The summed E-state index contributed by atoms with van der Waals surface area (Å²) in [5, 5.41) is 13.4. The van der Waals surface area contributed by atoms with Crippen molar-refractivity contribution in [3.63, 3.8) is 0 Å². The van der Waals surface area contributed by atoms with E-state index < -0.39 is 40.9 Å². The molecule has 0 bridgehead atoms. The molecule has 0 aliphatic carbocycles. The summed E-state index contributed by atoms with van der Waals surface area (Å²) in [5.41, 5.74) is 6.52. The lowest BCUT2D eigenvalue weighted by atomic mass is 9.98. The van der Waals surface area contributed by atoms with E-state index in [1.807, 2.05) is 0 Å². The second-order valence-electron chi connectivity index (χ2n) is 6.84. The van der Waals surface area contributed by atoms with Gasteiger partial charge in [-0.15, -0.1) is 0 Å². The Bertz CT molecular complexity index is 1130. The highest BCUT2D eigenvalue weighted by atomic mass is 32.2. The molecule has 166 valence electrons. The molecule has 0 unspecified atom stereocenters. The van der Waals surface area contributed by atoms with Crippen LogP contribution in [0.4, 0.5) is 8.78 Å². The summed E-state index contributed by atoms with van der Waals surface area (Å²) >= 11 is 0. The van der Waals surface area contributed by atoms with Crippen LogP contribution in [0.2, 0.25) is 0 Å². The van der Waals surface area contributed by atoms with E-state index >= 15 is 0 Å². The third-order valence-electron chi connectivity index (χ3n) is 4.78. The van der Waals surface area contributed by atoms with Crippen LogP contribution in [-0.2, 0) is 21.4 Å². The van der Waals surface area contributed by atoms with Gasteiger partial charge in [-0.05, 0) is 6.07 Å². The topological polar surface area (TPSA) is 131 Å². The Morgan fingerprint density at radius 1 is 1.35 bits per heavy atom. The molecule has 1 amide bonds. The molecule has 12 heteroatoms. The molecular weight excluding hydrogens is 432 g/mol. The highest BCUT2D eigenvalue weighted by molar-refractivity contribution is 7.90. The van der Waals surface area contributed by atoms with Crippen LogP contribution in [-0.4, -0.2) is 66.7 Å². The van der Waals surface area contributed by atoms with Crippen LogP contribution in [0.25, 0.3) is 0 Å². The Balaban J connectivity index is 1.73. The molecule has 0 saturated heterocycles. The van der Waals surface area contributed by atoms with Crippen molar-refractivity contribution in [2.45, 2.75) is 17.4 Å². The van der Waals surface area contributed by atoms with Gasteiger partial charge in [-0.2, -0.15) is 17.9 Å². The number of carbonyl (C=O) groups is 1. The summed E-state index contributed by atoms with van der Waals surface area (Å²) in [5.74, 6) is -2.28. The predicted octanol–water partition coefficient (Wildman–Crippen LogP) is 0.582. The average molecular weight is 453 g/mol. The molecule has 1 aromatic heterocycles. The van der Waals surface area contributed by atoms with Crippen LogP contribution < -0.4 is 5.73 Å². The molecule has 0 fully saturated rings. The summed E-state index contributed by atoms with van der Waals surface area (Å²) in [6.07, 6.45) is 3.26. The minimum absolute atomic E-state index is 0.0143. The zero-order chi connectivity index (χ0) is 22.6. The number of aryl methyl sites for hydroxylation is 1. The third-order valence-corrected chi connectivity index (χ3v) is 5.97. The highest BCUT2D eigenvalue weighted by Crippen LogP contribution is 2.24. The van der Waals surface area contributed by atoms with Gasteiger partial charge in [-0.1, -0.05) is 18.2 Å². The fraction of sp³-hybridized carbons (Fsp3) is 0.316. The maximum absolute atomic E-state index is 14.1. The molecule has 31 heavy (non-hydrogen) atoms. The molecule has 2 heterocycles. The lowest BCUT2D eigenvalue weighted by Crippen LogP contribution is -2.36. The van der Waals surface area contributed by atoms with Crippen molar-refractivity contribution in [3.8, 4) is 0 Å². The van der Waals surface area contributed by atoms with Crippen molar-refractivity contribution in [1.29, 1.82) is 0 Å². The second kappa shape index (κ2) is 9.35. The highest BCUT2D eigenvalue weighted by Gasteiger charge is 2.31. The Hall–Kier alpha value is -3.12. The molecular formula is C19H21F2N5O4S. The van der Waals surface area contributed by atoms with Crippen molar-refractivity contribution in [2.24, 2.45) is 10.1 Å². The number of benzene rings is 1. The Labute approximate surface area is 177 Å². The van der Waals surface area contributed by atoms with Crippen LogP contribution in [0, 0.1) is 5.82 Å². The van der Waals surface area contributed by atoms with Crippen LogP contribution >= 0.6 is 0 Å².